The number of carbonyl (C=O) groups is 2. The molecule has 106 valence electrons. The molecule has 0 unspecified atom stereocenters. The highest BCUT2D eigenvalue weighted by Crippen LogP contribution is 2.26. The van der Waals surface area contributed by atoms with Crippen LogP contribution in [-0.2, 0) is 5.41 Å². The molecule has 6 heteroatoms. The molecule has 2 aromatic heterocycles. The van der Waals surface area contributed by atoms with Crippen LogP contribution in [0.1, 0.15) is 39.8 Å². The minimum atomic E-state index is -0.692. The molecule has 3 N–H and O–H groups in total. The molecule has 2 heterocycles. The van der Waals surface area contributed by atoms with Crippen molar-refractivity contribution in [2.75, 3.05) is 6.54 Å². The van der Waals surface area contributed by atoms with E-state index < -0.39 is 5.91 Å². The number of furan rings is 1. The quantitative estimate of drug-likeness (QED) is 0.885. The Morgan fingerprint density at radius 2 is 2.00 bits per heavy atom. The molecular weight excluding hydrogens is 276 g/mol. The highest BCUT2D eigenvalue weighted by molar-refractivity contribution is 7.10. The maximum atomic E-state index is 11.9. The second-order valence-corrected chi connectivity index (χ2v) is 6.02. The van der Waals surface area contributed by atoms with Gasteiger partial charge >= 0.3 is 0 Å². The second-order valence-electron chi connectivity index (χ2n) is 5.07. The standard InChI is InChI=1S/C14H16N2O3S/c1-14(2,11-4-3-7-20-11)8-16-13(18)10-6-5-9(19-10)12(15)17/h3-7H,8H2,1-2H3,(H2,15,17)(H,16,18). The van der Waals surface area contributed by atoms with Crippen molar-refractivity contribution in [2.24, 2.45) is 5.73 Å². The Morgan fingerprint density at radius 3 is 2.55 bits per heavy atom. The maximum absolute atomic E-state index is 11.9. The van der Waals surface area contributed by atoms with E-state index in [1.54, 1.807) is 11.3 Å². The smallest absolute Gasteiger partial charge is 0.287 e. The molecule has 5 nitrogen and oxygen atoms in total. The van der Waals surface area contributed by atoms with Crippen molar-refractivity contribution in [1.29, 1.82) is 0 Å². The lowest BCUT2D eigenvalue weighted by Gasteiger charge is -2.23. The van der Waals surface area contributed by atoms with Crippen LogP contribution in [0.15, 0.2) is 34.1 Å². The number of thiophene rings is 1. The van der Waals surface area contributed by atoms with Gasteiger partial charge < -0.3 is 15.5 Å². The Kier molecular flexibility index (Phi) is 3.94. The van der Waals surface area contributed by atoms with Gasteiger partial charge in [-0.3, -0.25) is 9.59 Å². The molecule has 0 saturated heterocycles. The number of carbonyl (C=O) groups excluding carboxylic acids is 2. The van der Waals surface area contributed by atoms with E-state index in [0.29, 0.717) is 6.54 Å². The van der Waals surface area contributed by atoms with Gasteiger partial charge in [-0.05, 0) is 23.6 Å². The van der Waals surface area contributed by atoms with E-state index in [0.717, 1.165) is 0 Å². The zero-order valence-corrected chi connectivity index (χ0v) is 12.1. The zero-order valence-electron chi connectivity index (χ0n) is 11.3. The van der Waals surface area contributed by atoms with Crippen LogP contribution in [0, 0.1) is 0 Å². The van der Waals surface area contributed by atoms with E-state index in [2.05, 4.69) is 19.2 Å². The fraction of sp³-hybridized carbons (Fsp3) is 0.286. The summed E-state index contributed by atoms with van der Waals surface area (Å²) in [5.41, 5.74) is 4.91. The highest BCUT2D eigenvalue weighted by atomic mass is 32.1. The van der Waals surface area contributed by atoms with Gasteiger partial charge in [0.2, 0.25) is 0 Å². The molecular formula is C14H16N2O3S. The summed E-state index contributed by atoms with van der Waals surface area (Å²) >= 11 is 1.65. The molecule has 2 rings (SSSR count). The molecule has 2 amide bonds. The van der Waals surface area contributed by atoms with Gasteiger partial charge in [-0.1, -0.05) is 19.9 Å². The first-order valence-electron chi connectivity index (χ1n) is 6.12. The molecule has 0 radical (unpaired) electrons. The fourth-order valence-corrected chi connectivity index (χ4v) is 2.58. The number of hydrogen-bond donors (Lipinski definition) is 2. The van der Waals surface area contributed by atoms with Crippen LogP contribution in [0.5, 0.6) is 0 Å². The Balaban J connectivity index is 1.99. The lowest BCUT2D eigenvalue weighted by atomic mass is 9.91. The van der Waals surface area contributed by atoms with Gasteiger partial charge in [0, 0.05) is 16.8 Å². The molecule has 0 spiro atoms. The monoisotopic (exact) mass is 292 g/mol. The number of nitrogens with one attached hydrogen (secondary N) is 1. The molecule has 0 fully saturated rings. The van der Waals surface area contributed by atoms with Crippen LogP contribution in [0.25, 0.3) is 0 Å². The van der Waals surface area contributed by atoms with Crippen LogP contribution < -0.4 is 11.1 Å². The van der Waals surface area contributed by atoms with E-state index in [9.17, 15) is 9.59 Å². The highest BCUT2D eigenvalue weighted by Gasteiger charge is 2.23. The van der Waals surface area contributed by atoms with Crippen LogP contribution in [0.2, 0.25) is 0 Å². The molecule has 0 aromatic carbocycles. The van der Waals surface area contributed by atoms with Gasteiger partial charge in [-0.2, -0.15) is 0 Å². The van der Waals surface area contributed by atoms with Gasteiger partial charge in [0.25, 0.3) is 11.8 Å². The van der Waals surface area contributed by atoms with Crippen LogP contribution in [0.4, 0.5) is 0 Å². The van der Waals surface area contributed by atoms with E-state index in [1.807, 2.05) is 17.5 Å². The van der Waals surface area contributed by atoms with E-state index in [1.165, 1.54) is 17.0 Å². The van der Waals surface area contributed by atoms with Crippen molar-refractivity contribution < 1.29 is 14.0 Å². The van der Waals surface area contributed by atoms with Gasteiger partial charge in [0.15, 0.2) is 11.5 Å². The average molecular weight is 292 g/mol. The topological polar surface area (TPSA) is 85.3 Å². The Morgan fingerprint density at radius 1 is 1.30 bits per heavy atom. The van der Waals surface area contributed by atoms with Crippen molar-refractivity contribution in [2.45, 2.75) is 19.3 Å². The van der Waals surface area contributed by atoms with Gasteiger partial charge in [-0.15, -0.1) is 11.3 Å². The molecule has 20 heavy (non-hydrogen) atoms. The minimum Gasteiger partial charge on any atom is -0.446 e. The third-order valence-corrected chi connectivity index (χ3v) is 4.19. The summed E-state index contributed by atoms with van der Waals surface area (Å²) in [4.78, 5) is 24.0. The number of amides is 2. The van der Waals surface area contributed by atoms with Gasteiger partial charge in [0.05, 0.1) is 0 Å². The molecule has 0 aliphatic rings. The molecule has 2 aromatic rings. The van der Waals surface area contributed by atoms with Crippen molar-refractivity contribution in [1.82, 2.24) is 5.32 Å². The van der Waals surface area contributed by atoms with Crippen LogP contribution in [-0.4, -0.2) is 18.4 Å². The Labute approximate surface area is 120 Å². The van der Waals surface area contributed by atoms with Crippen LogP contribution >= 0.6 is 11.3 Å². The summed E-state index contributed by atoms with van der Waals surface area (Å²) in [6.45, 7) is 4.57. The summed E-state index contributed by atoms with van der Waals surface area (Å²) in [6.07, 6.45) is 0. The lowest BCUT2D eigenvalue weighted by molar-refractivity contribution is 0.0909. The molecule has 0 bridgehead atoms. The summed E-state index contributed by atoms with van der Waals surface area (Å²) in [7, 11) is 0. The normalized spacial score (nSPS) is 11.3. The SMILES string of the molecule is CC(C)(CNC(=O)c1ccc(C(N)=O)o1)c1cccs1. The summed E-state index contributed by atoms with van der Waals surface area (Å²) < 4.78 is 5.08. The minimum absolute atomic E-state index is 0.0207. The maximum Gasteiger partial charge on any atom is 0.287 e. The average Bonchev–Trinajstić information content (AvgIpc) is 3.06. The van der Waals surface area contributed by atoms with Crippen molar-refractivity contribution in [3.63, 3.8) is 0 Å². The van der Waals surface area contributed by atoms with Gasteiger partial charge in [0.1, 0.15) is 0 Å². The lowest BCUT2D eigenvalue weighted by Crippen LogP contribution is -2.36. The largest absolute Gasteiger partial charge is 0.446 e. The predicted molar refractivity (Wildman–Crippen MR) is 76.9 cm³/mol. The number of hydrogen-bond acceptors (Lipinski definition) is 4. The van der Waals surface area contributed by atoms with Crippen LogP contribution in [0.3, 0.4) is 0 Å². The number of rotatable bonds is 5. The first kappa shape index (κ1) is 14.3. The third kappa shape index (κ3) is 3.08. The van der Waals surface area contributed by atoms with Crippen molar-refractivity contribution in [3.05, 3.63) is 46.0 Å². The first-order chi connectivity index (χ1) is 9.40. The fourth-order valence-electron chi connectivity index (χ4n) is 1.73. The van der Waals surface area contributed by atoms with E-state index >= 15 is 0 Å². The van der Waals surface area contributed by atoms with Crippen molar-refractivity contribution in [3.8, 4) is 0 Å². The van der Waals surface area contributed by atoms with Gasteiger partial charge in [-0.25, -0.2) is 0 Å². The Hall–Kier alpha value is -2.08. The summed E-state index contributed by atoms with van der Waals surface area (Å²) in [5, 5.41) is 4.81. The van der Waals surface area contributed by atoms with Crippen molar-refractivity contribution >= 4 is 23.2 Å². The molecule has 0 aliphatic carbocycles. The summed E-state index contributed by atoms with van der Waals surface area (Å²) in [5.74, 6) is -0.987. The second kappa shape index (κ2) is 5.50. The zero-order chi connectivity index (χ0) is 14.8. The number of nitrogens with two attached hydrogens (primary N) is 1. The molecule has 0 aliphatic heterocycles. The third-order valence-electron chi connectivity index (χ3n) is 2.95. The summed E-state index contributed by atoms with van der Waals surface area (Å²) in [6, 6.07) is 6.85. The number of primary amides is 1. The van der Waals surface area contributed by atoms with E-state index in [4.69, 9.17) is 10.2 Å². The molecule has 0 atom stereocenters. The molecule has 0 saturated carbocycles. The Bertz CT molecular complexity index is 614. The predicted octanol–water partition coefficient (Wildman–Crippen LogP) is 2.15. The van der Waals surface area contributed by atoms with E-state index in [-0.39, 0.29) is 22.8 Å². The first-order valence-corrected chi connectivity index (χ1v) is 7.00.